The van der Waals surface area contributed by atoms with Crippen LogP contribution >= 0.6 is 23.2 Å². The van der Waals surface area contributed by atoms with Gasteiger partial charge in [-0.1, -0.05) is 23.2 Å². The van der Waals surface area contributed by atoms with Gasteiger partial charge in [-0.2, -0.15) is 0 Å². The molecule has 1 aliphatic rings. The Morgan fingerprint density at radius 2 is 1.93 bits per heavy atom. The molecule has 0 bridgehead atoms. The van der Waals surface area contributed by atoms with Gasteiger partial charge >= 0.3 is 6.03 Å². The second kappa shape index (κ2) is 8.05. The summed E-state index contributed by atoms with van der Waals surface area (Å²) in [5.41, 5.74) is 10.3. The molecule has 3 aromatic rings. The minimum atomic E-state index is -0.257. The molecular formula is C20H18BCl2N5O2. The highest BCUT2D eigenvalue weighted by atomic mass is 35.5. The van der Waals surface area contributed by atoms with Gasteiger partial charge in [0.15, 0.2) is 0 Å². The Balaban J connectivity index is 1.65. The lowest BCUT2D eigenvalue weighted by molar-refractivity contribution is 0.212. The average molecular weight is 442 g/mol. The minimum Gasteiger partial charge on any atom is -0.497 e. The molecule has 0 aliphatic carbocycles. The van der Waals surface area contributed by atoms with E-state index in [-0.39, 0.29) is 12.0 Å². The quantitative estimate of drug-likeness (QED) is 0.609. The average Bonchev–Trinajstić information content (AvgIpc) is 3.13. The fraction of sp³-hybridized carbons (Fsp3) is 0.150. The normalized spacial score (nSPS) is 12.6. The Hall–Kier alpha value is -2.97. The van der Waals surface area contributed by atoms with Gasteiger partial charge in [-0.25, -0.2) is 14.8 Å². The first-order valence-corrected chi connectivity index (χ1v) is 9.92. The lowest BCUT2D eigenvalue weighted by atomic mass is 9.92. The van der Waals surface area contributed by atoms with Gasteiger partial charge in [0, 0.05) is 26.9 Å². The van der Waals surface area contributed by atoms with Crippen LogP contribution in [0.15, 0.2) is 36.4 Å². The molecule has 0 unspecified atom stereocenters. The monoisotopic (exact) mass is 441 g/mol. The van der Waals surface area contributed by atoms with Crippen LogP contribution in [0, 0.1) is 0 Å². The van der Waals surface area contributed by atoms with Gasteiger partial charge in [-0.3, -0.25) is 0 Å². The Morgan fingerprint density at radius 1 is 1.20 bits per heavy atom. The number of fused-ring (bicyclic) bond motifs is 1. The van der Waals surface area contributed by atoms with Crippen LogP contribution in [-0.4, -0.2) is 35.9 Å². The molecule has 3 N–H and O–H groups in total. The van der Waals surface area contributed by atoms with Crippen molar-refractivity contribution in [1.29, 1.82) is 0 Å². The van der Waals surface area contributed by atoms with Gasteiger partial charge < -0.3 is 20.7 Å². The van der Waals surface area contributed by atoms with E-state index < -0.39 is 0 Å². The van der Waals surface area contributed by atoms with E-state index in [2.05, 4.69) is 15.3 Å². The van der Waals surface area contributed by atoms with Crippen LogP contribution in [-0.2, 0) is 13.1 Å². The number of urea groups is 1. The van der Waals surface area contributed by atoms with E-state index in [0.29, 0.717) is 51.5 Å². The Labute approximate surface area is 184 Å². The van der Waals surface area contributed by atoms with Crippen molar-refractivity contribution in [3.63, 3.8) is 0 Å². The highest BCUT2D eigenvalue weighted by Gasteiger charge is 2.29. The predicted octanol–water partition coefficient (Wildman–Crippen LogP) is 2.85. The maximum Gasteiger partial charge on any atom is 0.322 e. The number of hydrogen-bond acceptors (Lipinski definition) is 5. The number of nitrogens with zero attached hydrogens (tertiary/aromatic N) is 3. The van der Waals surface area contributed by atoms with Crippen LogP contribution in [0.2, 0.25) is 10.0 Å². The molecule has 2 amide bonds. The van der Waals surface area contributed by atoms with Gasteiger partial charge in [0.05, 0.1) is 31.6 Å². The molecular weight excluding hydrogens is 424 g/mol. The molecule has 4 rings (SSSR count). The summed E-state index contributed by atoms with van der Waals surface area (Å²) in [6, 6.07) is 10.3. The van der Waals surface area contributed by atoms with E-state index in [1.807, 2.05) is 20.0 Å². The number of ether oxygens (including phenoxy) is 1. The van der Waals surface area contributed by atoms with Crippen LogP contribution in [0.5, 0.6) is 5.75 Å². The second-order valence-corrected chi connectivity index (χ2v) is 7.79. The number of hydrogen-bond donors (Lipinski definition) is 2. The van der Waals surface area contributed by atoms with Crippen molar-refractivity contribution in [2.45, 2.75) is 13.1 Å². The number of carbonyl (C=O) groups is 1. The number of nitrogens with two attached hydrogens (primary N) is 1. The van der Waals surface area contributed by atoms with Crippen LogP contribution in [0.25, 0.3) is 11.3 Å². The van der Waals surface area contributed by atoms with Gasteiger partial charge in [0.1, 0.15) is 13.6 Å². The SMILES string of the molecule is Bc1cc(Cl)c(-c2nc(N)nc3c2CN(C(=O)Nc2ccc(Cl)cc2)C3)cc1OC. The first-order chi connectivity index (χ1) is 14.4. The van der Waals surface area contributed by atoms with E-state index in [1.54, 1.807) is 36.3 Å². The highest BCUT2D eigenvalue weighted by molar-refractivity contribution is 6.39. The first-order valence-electron chi connectivity index (χ1n) is 9.17. The highest BCUT2D eigenvalue weighted by Crippen LogP contribution is 2.36. The van der Waals surface area contributed by atoms with E-state index in [4.69, 9.17) is 33.7 Å². The van der Waals surface area contributed by atoms with Crippen molar-refractivity contribution in [2.24, 2.45) is 0 Å². The molecule has 0 fully saturated rings. The molecule has 30 heavy (non-hydrogen) atoms. The molecule has 0 saturated carbocycles. The van der Waals surface area contributed by atoms with Gasteiger partial charge in [-0.05, 0) is 41.9 Å². The van der Waals surface area contributed by atoms with Crippen molar-refractivity contribution >= 4 is 54.2 Å². The topological polar surface area (TPSA) is 93.4 Å². The van der Waals surface area contributed by atoms with Gasteiger partial charge in [0.2, 0.25) is 5.95 Å². The summed E-state index contributed by atoms with van der Waals surface area (Å²) in [5, 5.41) is 3.98. The van der Waals surface area contributed by atoms with Crippen LogP contribution < -0.4 is 21.3 Å². The lowest BCUT2D eigenvalue weighted by Crippen LogP contribution is -2.30. The maximum absolute atomic E-state index is 12.8. The Morgan fingerprint density at radius 3 is 2.63 bits per heavy atom. The number of carbonyl (C=O) groups excluding carboxylic acids is 1. The number of amides is 2. The fourth-order valence-electron chi connectivity index (χ4n) is 3.43. The van der Waals surface area contributed by atoms with Crippen LogP contribution in [0.4, 0.5) is 16.4 Å². The molecule has 0 spiro atoms. The maximum atomic E-state index is 12.8. The third-order valence-electron chi connectivity index (χ3n) is 4.92. The summed E-state index contributed by atoms with van der Waals surface area (Å²) in [5.74, 6) is 0.815. The summed E-state index contributed by atoms with van der Waals surface area (Å²) in [7, 11) is 3.51. The zero-order valence-electron chi connectivity index (χ0n) is 16.4. The summed E-state index contributed by atoms with van der Waals surface area (Å²) in [6.45, 7) is 0.645. The third-order valence-corrected chi connectivity index (χ3v) is 5.49. The number of aromatic nitrogens is 2. The molecule has 0 atom stereocenters. The number of methoxy groups -OCH3 is 1. The molecule has 0 radical (unpaired) electrons. The first kappa shape index (κ1) is 20.3. The predicted molar refractivity (Wildman–Crippen MR) is 121 cm³/mol. The van der Waals surface area contributed by atoms with Crippen molar-refractivity contribution in [2.75, 3.05) is 18.2 Å². The van der Waals surface area contributed by atoms with E-state index in [1.165, 1.54) is 0 Å². The molecule has 1 aromatic heterocycles. The Bertz CT molecular complexity index is 1140. The summed E-state index contributed by atoms with van der Waals surface area (Å²) < 4.78 is 5.43. The number of nitrogens with one attached hydrogen (secondary N) is 1. The van der Waals surface area contributed by atoms with Gasteiger partial charge in [-0.15, -0.1) is 0 Å². The molecule has 2 aromatic carbocycles. The fourth-order valence-corrected chi connectivity index (χ4v) is 3.86. The standard InChI is InChI=1S/C20H18BCl2N5O2/c1-30-17-6-12(15(23)7-14(17)21)18-13-8-28(9-16(13)26-19(24)27-18)20(29)25-11-4-2-10(22)3-5-11/h2-7H,8-9,21H2,1H3,(H,25,29)(H2,24,26,27). The van der Waals surface area contributed by atoms with E-state index >= 15 is 0 Å². The van der Waals surface area contributed by atoms with Gasteiger partial charge in [0.25, 0.3) is 0 Å². The smallest absolute Gasteiger partial charge is 0.322 e. The van der Waals surface area contributed by atoms with Crippen molar-refractivity contribution in [3.8, 4) is 17.0 Å². The summed E-state index contributed by atoms with van der Waals surface area (Å²) >= 11 is 12.4. The summed E-state index contributed by atoms with van der Waals surface area (Å²) in [6.07, 6.45) is 0. The Kier molecular flexibility index (Phi) is 5.45. The molecule has 0 saturated heterocycles. The van der Waals surface area contributed by atoms with E-state index in [0.717, 1.165) is 11.0 Å². The molecule has 1 aliphatic heterocycles. The summed E-state index contributed by atoms with van der Waals surface area (Å²) in [4.78, 5) is 23.2. The van der Waals surface area contributed by atoms with Crippen LogP contribution in [0.3, 0.4) is 0 Å². The number of halogens is 2. The molecule has 7 nitrogen and oxygen atoms in total. The second-order valence-electron chi connectivity index (χ2n) is 6.95. The van der Waals surface area contributed by atoms with Crippen molar-refractivity contribution in [1.82, 2.24) is 14.9 Å². The molecule has 10 heteroatoms. The number of anilines is 2. The lowest BCUT2D eigenvalue weighted by Gasteiger charge is -2.16. The minimum absolute atomic E-state index is 0.124. The zero-order chi connectivity index (χ0) is 21.4. The van der Waals surface area contributed by atoms with Crippen molar-refractivity contribution in [3.05, 3.63) is 57.7 Å². The van der Waals surface area contributed by atoms with Crippen molar-refractivity contribution < 1.29 is 9.53 Å². The number of rotatable bonds is 3. The van der Waals surface area contributed by atoms with E-state index in [9.17, 15) is 4.79 Å². The molecule has 152 valence electrons. The zero-order valence-corrected chi connectivity index (χ0v) is 17.9. The number of nitrogen functional groups attached to an aromatic ring is 1. The molecule has 2 heterocycles. The third kappa shape index (κ3) is 3.88. The van der Waals surface area contributed by atoms with Crippen LogP contribution in [0.1, 0.15) is 11.3 Å². The largest absolute Gasteiger partial charge is 0.497 e. The number of benzene rings is 2.